The van der Waals surface area contributed by atoms with Crippen LogP contribution in [-0.4, -0.2) is 50.4 Å². The number of carbonyl (C=O) groups excluding carboxylic acids is 2. The Kier molecular flexibility index (Phi) is 12.9. The first-order valence-corrected chi connectivity index (χ1v) is 19.6. The van der Waals surface area contributed by atoms with Crippen molar-refractivity contribution >= 4 is 59.4 Å². The lowest BCUT2D eigenvalue weighted by Crippen LogP contribution is -2.55. The summed E-state index contributed by atoms with van der Waals surface area (Å²) in [6.07, 6.45) is 5.27. The second kappa shape index (κ2) is 17.3. The molecule has 1 atom stereocenters. The first-order valence-electron chi connectivity index (χ1n) is 16.5. The Morgan fingerprint density at radius 2 is 1.51 bits per heavy atom. The molecule has 0 bridgehead atoms. The number of sulfonamides is 1. The smallest absolute Gasteiger partial charge is 0.264 e. The molecular weight excluding hydrogens is 770 g/mol. The molecule has 1 saturated carbocycles. The van der Waals surface area contributed by atoms with Gasteiger partial charge in [0.05, 0.1) is 17.2 Å². The van der Waals surface area contributed by atoms with Crippen LogP contribution in [0.2, 0.25) is 0 Å². The van der Waals surface area contributed by atoms with Gasteiger partial charge in [0.15, 0.2) is 0 Å². The van der Waals surface area contributed by atoms with Crippen LogP contribution in [0.1, 0.15) is 50.2 Å². The summed E-state index contributed by atoms with van der Waals surface area (Å²) in [5.41, 5.74) is 1.99. The van der Waals surface area contributed by atoms with Crippen molar-refractivity contribution in [3.63, 3.8) is 0 Å². The van der Waals surface area contributed by atoms with E-state index < -0.39 is 28.5 Å². The fourth-order valence-electron chi connectivity index (χ4n) is 6.07. The summed E-state index contributed by atoms with van der Waals surface area (Å²) in [5, 5.41) is 3.24. The minimum Gasteiger partial charge on any atom is -0.494 e. The molecule has 0 aliphatic heterocycles. The maximum atomic E-state index is 14.7. The molecule has 0 unspecified atom stereocenters. The zero-order valence-electron chi connectivity index (χ0n) is 27.4. The first-order chi connectivity index (χ1) is 23.6. The fourth-order valence-corrected chi connectivity index (χ4v) is 8.19. The Morgan fingerprint density at radius 1 is 0.837 bits per heavy atom. The molecule has 0 saturated heterocycles. The van der Waals surface area contributed by atoms with Crippen molar-refractivity contribution in [1.82, 2.24) is 10.2 Å². The second-order valence-corrected chi connectivity index (χ2v) is 15.8. The highest BCUT2D eigenvalue weighted by Gasteiger charge is 2.35. The average Bonchev–Trinajstić information content (AvgIpc) is 3.10. The lowest BCUT2D eigenvalue weighted by atomic mass is 9.94. The van der Waals surface area contributed by atoms with E-state index in [1.165, 1.54) is 17.0 Å². The normalized spacial score (nSPS) is 14.1. The van der Waals surface area contributed by atoms with Gasteiger partial charge in [-0.3, -0.25) is 13.9 Å². The summed E-state index contributed by atoms with van der Waals surface area (Å²) in [4.78, 5) is 30.6. The van der Waals surface area contributed by atoms with E-state index in [0.717, 1.165) is 56.5 Å². The molecule has 1 fully saturated rings. The van der Waals surface area contributed by atoms with Gasteiger partial charge in [-0.05, 0) is 91.6 Å². The maximum Gasteiger partial charge on any atom is 0.264 e. The third-order valence-electron chi connectivity index (χ3n) is 8.58. The molecule has 49 heavy (non-hydrogen) atoms. The number of halogens is 2. The van der Waals surface area contributed by atoms with Gasteiger partial charge in [-0.1, -0.05) is 93.6 Å². The largest absolute Gasteiger partial charge is 0.494 e. The van der Waals surface area contributed by atoms with E-state index >= 15 is 0 Å². The highest BCUT2D eigenvalue weighted by molar-refractivity contribution is 9.10. The van der Waals surface area contributed by atoms with Gasteiger partial charge in [0.25, 0.3) is 10.0 Å². The van der Waals surface area contributed by atoms with Crippen LogP contribution in [0.15, 0.2) is 117 Å². The molecule has 8 nitrogen and oxygen atoms in total. The van der Waals surface area contributed by atoms with Gasteiger partial charge in [-0.25, -0.2) is 8.42 Å². The Morgan fingerprint density at radius 3 is 2.16 bits per heavy atom. The van der Waals surface area contributed by atoms with E-state index in [9.17, 15) is 18.0 Å². The highest BCUT2D eigenvalue weighted by atomic mass is 79.9. The molecule has 11 heteroatoms. The van der Waals surface area contributed by atoms with E-state index in [2.05, 4.69) is 37.2 Å². The molecular formula is C38H41Br2N3O5S. The Balaban J connectivity index is 1.56. The van der Waals surface area contributed by atoms with Crippen molar-refractivity contribution < 1.29 is 22.7 Å². The number of nitrogens with zero attached hydrogens (tertiary/aromatic N) is 2. The Bertz CT molecular complexity index is 1800. The monoisotopic (exact) mass is 809 g/mol. The van der Waals surface area contributed by atoms with Crippen LogP contribution in [0.5, 0.6) is 5.75 Å². The summed E-state index contributed by atoms with van der Waals surface area (Å²) >= 11 is 6.92. The third-order valence-corrected chi connectivity index (χ3v) is 11.4. The standard InChI is InChI=1S/C38H41Br2N3O5S/c1-2-48-34-20-18-33(19-21-34)43(49(46,47)35-22-16-30(39)17-23-35)27-37(44)42(26-29-12-9-13-31(40)24-29)36(25-28-10-5-3-6-11-28)38(45)41-32-14-7-4-8-15-32/h3,5-6,9-13,16-24,32,36H,2,4,7-8,14-15,25-27H2,1H3,(H,41,45)/t36-/m1/s1. The highest BCUT2D eigenvalue weighted by Crippen LogP contribution is 2.28. The maximum absolute atomic E-state index is 14.7. The molecule has 1 N–H and O–H groups in total. The Labute approximate surface area is 306 Å². The van der Waals surface area contributed by atoms with Gasteiger partial charge in [-0.15, -0.1) is 0 Å². The minimum absolute atomic E-state index is 0.0282. The number of ether oxygens (including phenoxy) is 1. The molecule has 1 aliphatic carbocycles. The van der Waals surface area contributed by atoms with Crippen LogP contribution in [-0.2, 0) is 32.6 Å². The second-order valence-electron chi connectivity index (χ2n) is 12.1. The van der Waals surface area contributed by atoms with Crippen LogP contribution in [0.3, 0.4) is 0 Å². The zero-order valence-corrected chi connectivity index (χ0v) is 31.4. The first kappa shape index (κ1) is 36.6. The van der Waals surface area contributed by atoms with Crippen LogP contribution >= 0.6 is 31.9 Å². The third kappa shape index (κ3) is 9.95. The van der Waals surface area contributed by atoms with Gasteiger partial charge in [0.1, 0.15) is 18.3 Å². The summed E-state index contributed by atoms with van der Waals surface area (Å²) < 4.78 is 36.9. The van der Waals surface area contributed by atoms with Gasteiger partial charge < -0.3 is 15.0 Å². The van der Waals surface area contributed by atoms with Crippen molar-refractivity contribution in [3.8, 4) is 5.75 Å². The molecule has 0 radical (unpaired) electrons. The van der Waals surface area contributed by atoms with Crippen molar-refractivity contribution in [2.45, 2.75) is 69.0 Å². The van der Waals surface area contributed by atoms with Gasteiger partial charge in [0.2, 0.25) is 11.8 Å². The van der Waals surface area contributed by atoms with E-state index in [1.54, 1.807) is 36.4 Å². The van der Waals surface area contributed by atoms with Crippen LogP contribution in [0.25, 0.3) is 0 Å². The Hall–Kier alpha value is -3.67. The summed E-state index contributed by atoms with van der Waals surface area (Å²) in [6.45, 7) is 1.90. The number of amides is 2. The summed E-state index contributed by atoms with van der Waals surface area (Å²) in [5.74, 6) is -0.172. The number of nitrogens with one attached hydrogen (secondary N) is 1. The quantitative estimate of drug-likeness (QED) is 0.140. The van der Waals surface area contributed by atoms with E-state index in [4.69, 9.17) is 4.74 Å². The average molecular weight is 812 g/mol. The number of hydrogen-bond acceptors (Lipinski definition) is 5. The molecule has 0 spiro atoms. The number of hydrogen-bond donors (Lipinski definition) is 1. The zero-order chi connectivity index (χ0) is 34.8. The molecule has 4 aromatic carbocycles. The van der Waals surface area contributed by atoms with Crippen molar-refractivity contribution in [1.29, 1.82) is 0 Å². The van der Waals surface area contributed by atoms with E-state index in [0.29, 0.717) is 18.0 Å². The van der Waals surface area contributed by atoms with E-state index in [1.807, 2.05) is 61.5 Å². The summed E-state index contributed by atoms with van der Waals surface area (Å²) in [7, 11) is -4.22. The SMILES string of the molecule is CCOc1ccc(N(CC(=O)N(Cc2cccc(Br)c2)[C@H](Cc2ccccc2)C(=O)NC2CCCCC2)S(=O)(=O)c2ccc(Br)cc2)cc1. The van der Waals surface area contributed by atoms with Crippen molar-refractivity contribution in [3.05, 3.63) is 123 Å². The van der Waals surface area contributed by atoms with Crippen LogP contribution in [0, 0.1) is 0 Å². The lowest BCUT2D eigenvalue weighted by Gasteiger charge is -2.35. The predicted molar refractivity (Wildman–Crippen MR) is 200 cm³/mol. The fraction of sp³-hybridized carbons (Fsp3) is 0.316. The lowest BCUT2D eigenvalue weighted by molar-refractivity contribution is -0.140. The van der Waals surface area contributed by atoms with E-state index in [-0.39, 0.29) is 29.8 Å². The van der Waals surface area contributed by atoms with Crippen LogP contribution < -0.4 is 14.4 Å². The topological polar surface area (TPSA) is 96.0 Å². The minimum atomic E-state index is -4.22. The molecule has 4 aromatic rings. The van der Waals surface area contributed by atoms with Gasteiger partial charge in [-0.2, -0.15) is 0 Å². The number of benzene rings is 4. The molecule has 258 valence electrons. The predicted octanol–water partition coefficient (Wildman–Crippen LogP) is 7.89. The van der Waals surface area contributed by atoms with Gasteiger partial charge >= 0.3 is 0 Å². The molecule has 1 aliphatic rings. The molecule has 5 rings (SSSR count). The van der Waals surface area contributed by atoms with Crippen molar-refractivity contribution in [2.75, 3.05) is 17.5 Å². The van der Waals surface area contributed by atoms with Crippen molar-refractivity contribution in [2.24, 2.45) is 0 Å². The number of rotatable bonds is 14. The molecule has 0 aromatic heterocycles. The van der Waals surface area contributed by atoms with Crippen LogP contribution in [0.4, 0.5) is 5.69 Å². The van der Waals surface area contributed by atoms with Gasteiger partial charge in [0, 0.05) is 28.0 Å². The summed E-state index contributed by atoms with van der Waals surface area (Å²) in [6, 6.07) is 29.2. The molecule has 2 amide bonds. The number of carbonyl (C=O) groups is 2. The number of anilines is 1. The molecule has 0 heterocycles.